The van der Waals surface area contributed by atoms with Gasteiger partial charge in [-0.3, -0.25) is 0 Å². The van der Waals surface area contributed by atoms with Crippen LogP contribution < -0.4 is 11.1 Å². The average molecular weight is 293 g/mol. The van der Waals surface area contributed by atoms with Gasteiger partial charge in [0.2, 0.25) is 0 Å². The SMILES string of the molecule is NCCCCCNc1ccc(-n2ccc3ccccc32)cc1. The highest BCUT2D eigenvalue weighted by Crippen LogP contribution is 2.21. The number of aromatic nitrogens is 1. The van der Waals surface area contributed by atoms with Crippen molar-refractivity contribution in [1.29, 1.82) is 0 Å². The molecule has 0 aliphatic heterocycles. The fourth-order valence-corrected chi connectivity index (χ4v) is 2.73. The molecule has 3 rings (SSSR count). The average Bonchev–Trinajstić information content (AvgIpc) is 2.99. The summed E-state index contributed by atoms with van der Waals surface area (Å²) in [4.78, 5) is 0. The standard InChI is InChI=1S/C19H23N3/c20-13-4-1-5-14-21-17-8-10-18(11-9-17)22-15-12-16-6-2-3-7-19(16)22/h2-3,6-12,15,21H,1,4-5,13-14,20H2. The molecule has 0 spiro atoms. The molecule has 0 radical (unpaired) electrons. The molecule has 0 amide bonds. The fraction of sp³-hybridized carbons (Fsp3) is 0.263. The minimum atomic E-state index is 0.791. The zero-order valence-electron chi connectivity index (χ0n) is 12.8. The first-order valence-corrected chi connectivity index (χ1v) is 7.99. The van der Waals surface area contributed by atoms with E-state index in [1.807, 2.05) is 0 Å². The molecule has 0 unspecified atom stereocenters. The summed E-state index contributed by atoms with van der Waals surface area (Å²) in [5.74, 6) is 0. The smallest absolute Gasteiger partial charge is 0.0528 e. The van der Waals surface area contributed by atoms with E-state index in [1.54, 1.807) is 0 Å². The van der Waals surface area contributed by atoms with Crippen molar-refractivity contribution < 1.29 is 0 Å². The first kappa shape index (κ1) is 14.7. The number of hydrogen-bond acceptors (Lipinski definition) is 2. The van der Waals surface area contributed by atoms with E-state index in [4.69, 9.17) is 5.73 Å². The predicted octanol–water partition coefficient (Wildman–Crippen LogP) is 4.17. The van der Waals surface area contributed by atoms with Crippen molar-refractivity contribution in [2.24, 2.45) is 5.73 Å². The summed E-state index contributed by atoms with van der Waals surface area (Å²) in [6.45, 7) is 1.80. The van der Waals surface area contributed by atoms with Crippen LogP contribution in [-0.2, 0) is 0 Å². The highest BCUT2D eigenvalue weighted by Gasteiger charge is 2.02. The molecule has 3 heteroatoms. The van der Waals surface area contributed by atoms with Crippen LogP contribution >= 0.6 is 0 Å². The molecule has 3 aromatic rings. The number of rotatable bonds is 7. The Kier molecular flexibility index (Phi) is 4.76. The van der Waals surface area contributed by atoms with Gasteiger partial charge in [0, 0.05) is 24.1 Å². The Bertz CT molecular complexity index is 713. The second-order valence-corrected chi connectivity index (χ2v) is 5.57. The number of unbranched alkanes of at least 4 members (excludes halogenated alkanes) is 2. The lowest BCUT2D eigenvalue weighted by molar-refractivity contribution is 0.707. The van der Waals surface area contributed by atoms with Crippen molar-refractivity contribution in [2.75, 3.05) is 18.4 Å². The number of nitrogens with one attached hydrogen (secondary N) is 1. The molecule has 0 bridgehead atoms. The Morgan fingerprint density at radius 3 is 2.50 bits per heavy atom. The third-order valence-corrected chi connectivity index (χ3v) is 3.95. The van der Waals surface area contributed by atoms with Crippen molar-refractivity contribution in [3.63, 3.8) is 0 Å². The molecule has 22 heavy (non-hydrogen) atoms. The van der Waals surface area contributed by atoms with Crippen molar-refractivity contribution in [1.82, 2.24) is 4.57 Å². The van der Waals surface area contributed by atoms with E-state index in [9.17, 15) is 0 Å². The molecule has 2 aromatic carbocycles. The van der Waals surface area contributed by atoms with Gasteiger partial charge in [-0.2, -0.15) is 0 Å². The van der Waals surface area contributed by atoms with Crippen LogP contribution in [-0.4, -0.2) is 17.7 Å². The summed E-state index contributed by atoms with van der Waals surface area (Å²) in [5.41, 5.74) is 9.11. The van der Waals surface area contributed by atoms with E-state index in [2.05, 4.69) is 70.7 Å². The summed E-state index contributed by atoms with van der Waals surface area (Å²) in [5, 5.41) is 4.73. The van der Waals surface area contributed by atoms with E-state index >= 15 is 0 Å². The highest BCUT2D eigenvalue weighted by molar-refractivity contribution is 5.81. The molecule has 0 aliphatic rings. The first-order chi connectivity index (χ1) is 10.9. The molecule has 0 aliphatic carbocycles. The maximum atomic E-state index is 5.50. The topological polar surface area (TPSA) is 43.0 Å². The van der Waals surface area contributed by atoms with Crippen LogP contribution in [0.2, 0.25) is 0 Å². The Balaban J connectivity index is 1.66. The van der Waals surface area contributed by atoms with Gasteiger partial charge in [0.1, 0.15) is 0 Å². The van der Waals surface area contributed by atoms with Gasteiger partial charge in [0.05, 0.1) is 5.52 Å². The Morgan fingerprint density at radius 1 is 0.864 bits per heavy atom. The van der Waals surface area contributed by atoms with Crippen molar-refractivity contribution in [3.8, 4) is 5.69 Å². The molecule has 1 heterocycles. The van der Waals surface area contributed by atoms with Gasteiger partial charge in [-0.1, -0.05) is 24.6 Å². The lowest BCUT2D eigenvalue weighted by atomic mass is 10.2. The monoisotopic (exact) mass is 293 g/mol. The minimum absolute atomic E-state index is 0.791. The fourth-order valence-electron chi connectivity index (χ4n) is 2.73. The Labute approximate surface area is 131 Å². The van der Waals surface area contributed by atoms with Crippen LogP contribution in [0.15, 0.2) is 60.8 Å². The maximum Gasteiger partial charge on any atom is 0.0528 e. The molecule has 0 saturated heterocycles. The molecular formula is C19H23N3. The van der Waals surface area contributed by atoms with Gasteiger partial charge < -0.3 is 15.6 Å². The number of anilines is 1. The minimum Gasteiger partial charge on any atom is -0.385 e. The molecule has 0 saturated carbocycles. The zero-order valence-corrected chi connectivity index (χ0v) is 12.8. The van der Waals surface area contributed by atoms with Crippen LogP contribution in [0.25, 0.3) is 16.6 Å². The van der Waals surface area contributed by atoms with Gasteiger partial charge in [0.15, 0.2) is 0 Å². The summed E-state index contributed by atoms with van der Waals surface area (Å²) in [6.07, 6.45) is 5.60. The summed E-state index contributed by atoms with van der Waals surface area (Å²) < 4.78 is 2.22. The van der Waals surface area contributed by atoms with Crippen LogP contribution in [0.3, 0.4) is 0 Å². The summed E-state index contributed by atoms with van der Waals surface area (Å²) >= 11 is 0. The highest BCUT2D eigenvalue weighted by atomic mass is 15.0. The molecular weight excluding hydrogens is 270 g/mol. The third-order valence-electron chi connectivity index (χ3n) is 3.95. The largest absolute Gasteiger partial charge is 0.385 e. The molecule has 0 atom stereocenters. The van der Waals surface area contributed by atoms with E-state index in [0.29, 0.717) is 0 Å². The molecule has 1 aromatic heterocycles. The molecule has 0 fully saturated rings. The van der Waals surface area contributed by atoms with Crippen molar-refractivity contribution in [3.05, 3.63) is 60.8 Å². The van der Waals surface area contributed by atoms with E-state index in [1.165, 1.54) is 35.1 Å². The number of benzene rings is 2. The summed E-state index contributed by atoms with van der Waals surface area (Å²) in [6, 6.07) is 19.2. The van der Waals surface area contributed by atoms with E-state index < -0.39 is 0 Å². The third kappa shape index (κ3) is 3.31. The van der Waals surface area contributed by atoms with Gasteiger partial charge in [-0.15, -0.1) is 0 Å². The van der Waals surface area contributed by atoms with Crippen molar-refractivity contribution in [2.45, 2.75) is 19.3 Å². The quantitative estimate of drug-likeness (QED) is 0.642. The molecule has 3 nitrogen and oxygen atoms in total. The lowest BCUT2D eigenvalue weighted by Crippen LogP contribution is -2.04. The van der Waals surface area contributed by atoms with Gasteiger partial charge in [-0.05, 0) is 61.2 Å². The number of nitrogens with two attached hydrogens (primary N) is 1. The first-order valence-electron chi connectivity index (χ1n) is 7.99. The van der Waals surface area contributed by atoms with Crippen LogP contribution in [0.4, 0.5) is 5.69 Å². The molecule has 3 N–H and O–H groups in total. The number of hydrogen-bond donors (Lipinski definition) is 2. The van der Waals surface area contributed by atoms with Gasteiger partial charge in [0.25, 0.3) is 0 Å². The van der Waals surface area contributed by atoms with E-state index in [-0.39, 0.29) is 0 Å². The van der Waals surface area contributed by atoms with E-state index in [0.717, 1.165) is 19.5 Å². The second-order valence-electron chi connectivity index (χ2n) is 5.57. The lowest BCUT2D eigenvalue weighted by Gasteiger charge is -2.09. The second kappa shape index (κ2) is 7.14. The van der Waals surface area contributed by atoms with Crippen LogP contribution in [0.5, 0.6) is 0 Å². The number of fused-ring (bicyclic) bond motifs is 1. The van der Waals surface area contributed by atoms with Gasteiger partial charge in [-0.25, -0.2) is 0 Å². The number of nitrogens with zero attached hydrogens (tertiary/aromatic N) is 1. The summed E-state index contributed by atoms with van der Waals surface area (Å²) in [7, 11) is 0. The Morgan fingerprint density at radius 2 is 1.68 bits per heavy atom. The predicted molar refractivity (Wildman–Crippen MR) is 94.7 cm³/mol. The zero-order chi connectivity index (χ0) is 15.2. The van der Waals surface area contributed by atoms with Crippen LogP contribution in [0.1, 0.15) is 19.3 Å². The normalized spacial score (nSPS) is 11.0. The Hall–Kier alpha value is -2.26. The number of para-hydroxylation sites is 1. The van der Waals surface area contributed by atoms with Crippen molar-refractivity contribution >= 4 is 16.6 Å². The maximum absolute atomic E-state index is 5.50. The van der Waals surface area contributed by atoms with Crippen LogP contribution in [0, 0.1) is 0 Å². The molecule has 114 valence electrons. The van der Waals surface area contributed by atoms with Gasteiger partial charge >= 0.3 is 0 Å².